The van der Waals surface area contributed by atoms with E-state index in [0.29, 0.717) is 57.0 Å². The molecule has 24 nitrogen and oxygen atoms in total. The number of rotatable bonds is 29. The Kier molecular flexibility index (Phi) is 28.1. The molecule has 9 atom stereocenters. The number of alkyl carbamates (subject to hydrolysis) is 1. The molecule has 2 saturated carbocycles. The lowest BCUT2D eigenvalue weighted by atomic mass is 9.83. The molecule has 2 aliphatic carbocycles. The molecule has 1 aliphatic heterocycles. The van der Waals surface area contributed by atoms with E-state index < -0.39 is 95.9 Å². The van der Waals surface area contributed by atoms with Crippen molar-refractivity contribution in [2.75, 3.05) is 33.7 Å². The predicted octanol–water partition coefficient (Wildman–Crippen LogP) is 2.19. The van der Waals surface area contributed by atoms with Crippen molar-refractivity contribution in [3.8, 4) is 0 Å². The van der Waals surface area contributed by atoms with Gasteiger partial charge in [-0.15, -0.1) is 6.58 Å². The number of ketones is 1. The topological polar surface area (TPSA) is 352 Å². The molecule has 1 aromatic carbocycles. The van der Waals surface area contributed by atoms with E-state index in [-0.39, 0.29) is 59.7 Å². The molecular weight excluding hydrogens is 1060 g/mol. The Morgan fingerprint density at radius 1 is 0.817 bits per heavy atom. The molecular formula is C58H92N12O12. The minimum atomic E-state index is -1.25. The van der Waals surface area contributed by atoms with E-state index in [2.05, 4.69) is 48.8 Å². The minimum absolute atomic E-state index is 0.0310. The van der Waals surface area contributed by atoms with Crippen molar-refractivity contribution >= 4 is 71.4 Å². The second-order valence-electron chi connectivity index (χ2n) is 23.5. The third kappa shape index (κ3) is 23.6. The van der Waals surface area contributed by atoms with Gasteiger partial charge in [-0.2, -0.15) is 0 Å². The Balaban J connectivity index is 0.000000502. The summed E-state index contributed by atoms with van der Waals surface area (Å²) >= 11 is 0. The first-order valence-electron chi connectivity index (χ1n) is 28.5. The highest BCUT2D eigenvalue weighted by atomic mass is 16.6. The Labute approximate surface area is 483 Å². The van der Waals surface area contributed by atoms with Crippen molar-refractivity contribution < 1.29 is 57.5 Å². The van der Waals surface area contributed by atoms with Crippen LogP contribution in [0.1, 0.15) is 144 Å². The monoisotopic (exact) mass is 1150 g/mol. The fraction of sp³-hybridized carbons (Fsp3) is 0.655. The summed E-state index contributed by atoms with van der Waals surface area (Å²) in [6.45, 7) is 18.1. The average Bonchev–Trinajstić information content (AvgIpc) is 4.30. The van der Waals surface area contributed by atoms with Crippen LogP contribution in [0.3, 0.4) is 0 Å². The molecule has 24 heteroatoms. The van der Waals surface area contributed by atoms with Gasteiger partial charge in [-0.1, -0.05) is 83.4 Å². The fourth-order valence-corrected chi connectivity index (χ4v) is 10.0. The quantitative estimate of drug-likeness (QED) is 0.0139. The molecule has 3 fully saturated rings. The Bertz CT molecular complexity index is 2400. The lowest BCUT2D eigenvalue weighted by molar-refractivity contribution is -0.144. The van der Waals surface area contributed by atoms with E-state index >= 15 is 0 Å². The van der Waals surface area contributed by atoms with Gasteiger partial charge >= 0.3 is 6.09 Å². The normalized spacial score (nSPS) is 18.6. The summed E-state index contributed by atoms with van der Waals surface area (Å²) in [7, 11) is 3.12. The summed E-state index contributed by atoms with van der Waals surface area (Å²) in [4.78, 5) is 148. The van der Waals surface area contributed by atoms with E-state index in [1.807, 2.05) is 27.7 Å². The van der Waals surface area contributed by atoms with Gasteiger partial charge in [0.15, 0.2) is 5.96 Å². The number of aldehydes is 1. The van der Waals surface area contributed by atoms with Gasteiger partial charge in [-0.25, -0.2) is 4.79 Å². The fourth-order valence-electron chi connectivity index (χ4n) is 10.0. The highest BCUT2D eigenvalue weighted by Gasteiger charge is 2.58. The molecule has 11 N–H and O–H groups in total. The van der Waals surface area contributed by atoms with Gasteiger partial charge in [0.05, 0.1) is 18.6 Å². The number of nitrogens with one attached hydrogen (secondary N) is 7. The van der Waals surface area contributed by atoms with Gasteiger partial charge in [0.25, 0.3) is 5.91 Å². The number of aliphatic imine (C=N–C) groups is 1. The largest absolute Gasteiger partial charge is 0.444 e. The van der Waals surface area contributed by atoms with Gasteiger partial charge in [0.2, 0.25) is 47.1 Å². The first kappa shape index (κ1) is 68.9. The van der Waals surface area contributed by atoms with E-state index in [1.165, 1.54) is 16.7 Å². The van der Waals surface area contributed by atoms with E-state index in [9.17, 15) is 52.7 Å². The summed E-state index contributed by atoms with van der Waals surface area (Å²) in [5.74, 6) is -5.02. The van der Waals surface area contributed by atoms with Crippen molar-refractivity contribution in [2.24, 2.45) is 46.0 Å². The van der Waals surface area contributed by atoms with Gasteiger partial charge < -0.3 is 68.0 Å². The number of piperidine rings is 1. The van der Waals surface area contributed by atoms with Crippen molar-refractivity contribution in [2.45, 2.75) is 180 Å². The number of carbonyl (C=O) groups is 11. The number of hydrogen-bond donors (Lipinski definition) is 9. The Morgan fingerprint density at radius 2 is 1.43 bits per heavy atom. The molecule has 9 amide bonds. The maximum absolute atomic E-state index is 14.2. The summed E-state index contributed by atoms with van der Waals surface area (Å²) < 4.78 is 5.48. The number of likely N-dealkylation sites (N-methyl/N-ethyl adjacent to an activating group) is 1. The third-order valence-corrected chi connectivity index (χ3v) is 14.0. The maximum atomic E-state index is 14.2. The second kappa shape index (κ2) is 33.5. The number of carbonyl (C=O) groups excluding carboxylic acids is 11. The SMILES string of the molecule is C=CCCC(NC(=O)C1[C@H]2C[C@H]2CN1C(=O)[C@@H](NC(=O)OC(C)(C)C)C1CCCCC1)C(=O)C(=O)NCC(=O)N[C@H](C(=O)N(C)C)c1ccccc1.CC(=O)N[C@@H](CC(C)C)C(=O)N[C@@H](CC(C)C)C(=O)N[C@H](C=O)CCCN=C(N)N. The molecule has 1 aromatic rings. The highest BCUT2D eigenvalue weighted by Crippen LogP contribution is 2.50. The third-order valence-electron chi connectivity index (χ3n) is 14.0. The van der Waals surface area contributed by atoms with Crippen molar-refractivity contribution in [3.63, 3.8) is 0 Å². The van der Waals surface area contributed by atoms with E-state index in [4.69, 9.17) is 16.2 Å². The summed E-state index contributed by atoms with van der Waals surface area (Å²) in [5.41, 5.74) is 10.3. The van der Waals surface area contributed by atoms with E-state index in [0.717, 1.165) is 38.5 Å². The number of likely N-dealkylation sites (tertiary alicyclic amines) is 1. The van der Waals surface area contributed by atoms with E-state index in [1.54, 1.807) is 71.3 Å². The molecule has 456 valence electrons. The zero-order chi connectivity index (χ0) is 61.4. The molecule has 0 bridgehead atoms. The molecule has 3 aliphatic rings. The number of nitrogens with two attached hydrogens (primary N) is 2. The number of fused-ring (bicyclic) bond motifs is 1. The van der Waals surface area contributed by atoms with Crippen LogP contribution >= 0.6 is 0 Å². The Hall–Kier alpha value is -7.40. The number of ether oxygens (including phenoxy) is 1. The predicted molar refractivity (Wildman–Crippen MR) is 309 cm³/mol. The van der Waals surface area contributed by atoms with Crippen molar-refractivity contribution in [3.05, 3.63) is 48.6 Å². The van der Waals surface area contributed by atoms with Gasteiger partial charge in [-0.05, 0) is 114 Å². The summed E-state index contributed by atoms with van der Waals surface area (Å²) in [5, 5.41) is 18.5. The lowest BCUT2D eigenvalue weighted by Crippen LogP contribution is -2.59. The molecule has 1 heterocycles. The second-order valence-corrected chi connectivity index (χ2v) is 23.5. The van der Waals surface area contributed by atoms with Crippen LogP contribution in [0.4, 0.5) is 4.79 Å². The number of nitrogens with zero attached hydrogens (tertiary/aromatic N) is 3. The maximum Gasteiger partial charge on any atom is 0.408 e. The number of benzene rings is 1. The number of amides is 9. The molecule has 4 rings (SSSR count). The number of guanidine groups is 1. The number of allylic oxidation sites excluding steroid dienone is 1. The van der Waals surface area contributed by atoms with Crippen LogP contribution in [0.15, 0.2) is 48.0 Å². The van der Waals surface area contributed by atoms with Crippen LogP contribution in [-0.2, 0) is 52.7 Å². The van der Waals surface area contributed by atoms with Crippen LogP contribution in [0.5, 0.6) is 0 Å². The van der Waals surface area contributed by atoms with Crippen molar-refractivity contribution in [1.82, 2.24) is 47.0 Å². The molecule has 1 saturated heterocycles. The van der Waals surface area contributed by atoms with Crippen LogP contribution in [-0.4, -0.2) is 157 Å². The molecule has 0 radical (unpaired) electrons. The summed E-state index contributed by atoms with van der Waals surface area (Å²) in [6.07, 6.45) is 8.78. The van der Waals surface area contributed by atoms with Crippen LogP contribution in [0.2, 0.25) is 0 Å². The Morgan fingerprint density at radius 3 is 1.98 bits per heavy atom. The van der Waals surface area contributed by atoms with Crippen LogP contribution < -0.4 is 48.7 Å². The van der Waals surface area contributed by atoms with Crippen LogP contribution in [0.25, 0.3) is 0 Å². The summed E-state index contributed by atoms with van der Waals surface area (Å²) in [6, 6.07) is 2.38. The minimum Gasteiger partial charge on any atom is -0.444 e. The smallest absolute Gasteiger partial charge is 0.408 e. The molecule has 2 unspecified atom stereocenters. The van der Waals surface area contributed by atoms with Gasteiger partial charge in [-0.3, -0.25) is 48.1 Å². The van der Waals surface area contributed by atoms with Crippen molar-refractivity contribution in [1.29, 1.82) is 0 Å². The van der Waals surface area contributed by atoms with Gasteiger partial charge in [0.1, 0.15) is 42.1 Å². The highest BCUT2D eigenvalue weighted by molar-refractivity contribution is 6.38. The molecule has 0 spiro atoms. The lowest BCUT2D eigenvalue weighted by Gasteiger charge is -2.36. The first-order chi connectivity index (χ1) is 38.6. The standard InChI is InChI=1S/C38H54N6O8.C20H38N6O4/c1-7-8-19-27(32(46)34(48)39-21-28(45)41-29(35(49)43(5)6)23-15-11-9-12-16-23)40-33(47)31-26-20-25(26)22-44(31)36(50)30(24-17-13-10-14-18-24)42-37(51)52-38(2,3)4;1-12(2)9-16(24-14(5)28)19(30)26-17(10-13(3)4)18(29)25-15(11-27)7-6-8-23-20(21)22/h7,9,11-12,15-16,24-27,29-31H,1,8,10,13-14,17-22H2,2-6H3,(H,39,48)(H,40,47)(H,41,45)(H,42,51);11-13,15-17H,6-10H2,1-5H3,(H,24,28)(H,25,29)(H,26,30)(H4,21,22,23)/t25-,26-,27?,29-,30-,31?;15-,16-,17-/m00/s1. The molecule has 82 heavy (non-hydrogen) atoms. The first-order valence-corrected chi connectivity index (χ1v) is 28.5. The zero-order valence-corrected chi connectivity index (χ0v) is 49.7. The zero-order valence-electron chi connectivity index (χ0n) is 49.7. The van der Waals surface area contributed by atoms with Gasteiger partial charge in [0, 0.05) is 34.1 Å². The average molecular weight is 1150 g/mol. The number of hydrogen-bond acceptors (Lipinski definition) is 13. The number of Topliss-reactive ketones (excluding diaryl/α,β-unsaturated/α-hetero) is 1. The van der Waals surface area contributed by atoms with Crippen LogP contribution in [0, 0.1) is 29.6 Å². The molecule has 0 aromatic heterocycles.